The van der Waals surface area contributed by atoms with Crippen LogP contribution < -0.4 is 9.80 Å². The van der Waals surface area contributed by atoms with Crippen molar-refractivity contribution in [1.82, 2.24) is 0 Å². The third-order valence-electron chi connectivity index (χ3n) is 18.8. The second-order valence-electron chi connectivity index (χ2n) is 36.3. The van der Waals surface area contributed by atoms with Gasteiger partial charge in [-0.3, -0.25) is 0 Å². The van der Waals surface area contributed by atoms with E-state index < -0.39 is 0 Å². The molecule has 0 spiro atoms. The van der Waals surface area contributed by atoms with Gasteiger partial charge in [-0.2, -0.15) is 0 Å². The Labute approximate surface area is 586 Å². The standard InChI is InChI=1S/C90H110Br2N2/c1-82(2,3)63-38-59(39-64(48-63)83(4,5)6)57-34-36-78(61-42-67(86(13,14)15)50-68(43-61)87(16,17)18)80(46-57)93(74-32-28-30-72(91)54-74)76-52-71(90(25,26)27)53-77(56-76)94(75-33-29-31-73(92)55-75)81-47-58(60-40-65(84(7,8)9)49-66(41-60)85(10,11)12)35-37-79(81)62-44-69(88(19,20)21)51-70(45-62)89(22,23)24/h28-56H,1-27H3. The lowest BCUT2D eigenvalue weighted by Gasteiger charge is -2.35. The van der Waals surface area contributed by atoms with Gasteiger partial charge in [0.25, 0.3) is 0 Å². The van der Waals surface area contributed by atoms with Crippen molar-refractivity contribution >= 4 is 66.0 Å². The van der Waals surface area contributed by atoms with E-state index in [1.165, 1.54) is 83.5 Å². The number of anilines is 6. The molecule has 2 nitrogen and oxygen atoms in total. The summed E-state index contributed by atoms with van der Waals surface area (Å²) in [7, 11) is 0. The smallest absolute Gasteiger partial charge is 0.0546 e. The zero-order chi connectivity index (χ0) is 69.6. The fourth-order valence-electron chi connectivity index (χ4n) is 12.3. The van der Waals surface area contributed by atoms with E-state index in [2.05, 4.69) is 405 Å². The summed E-state index contributed by atoms with van der Waals surface area (Å²) < 4.78 is 2.01. The summed E-state index contributed by atoms with van der Waals surface area (Å²) in [5.74, 6) is 0. The van der Waals surface area contributed by atoms with Crippen LogP contribution in [0.15, 0.2) is 185 Å². The van der Waals surface area contributed by atoms with Crippen LogP contribution in [0.25, 0.3) is 44.5 Å². The van der Waals surface area contributed by atoms with E-state index in [-0.39, 0.29) is 48.7 Å². The van der Waals surface area contributed by atoms with Crippen LogP contribution in [0.5, 0.6) is 0 Å². The first-order valence-corrected chi connectivity index (χ1v) is 35.8. The van der Waals surface area contributed by atoms with Gasteiger partial charge in [-0.1, -0.05) is 328 Å². The maximum absolute atomic E-state index is 4.04. The minimum atomic E-state index is -0.287. The Morgan fingerprint density at radius 2 is 0.436 bits per heavy atom. The molecule has 9 aromatic carbocycles. The fourth-order valence-corrected chi connectivity index (χ4v) is 13.0. The van der Waals surface area contributed by atoms with Crippen molar-refractivity contribution in [3.05, 3.63) is 235 Å². The maximum Gasteiger partial charge on any atom is 0.0546 e. The van der Waals surface area contributed by atoms with Crippen molar-refractivity contribution in [2.45, 2.75) is 236 Å². The third-order valence-corrected chi connectivity index (χ3v) is 19.8. The highest BCUT2D eigenvalue weighted by atomic mass is 79.9. The van der Waals surface area contributed by atoms with Crippen LogP contribution in [0.2, 0.25) is 0 Å². The average Bonchev–Trinajstić information content (AvgIpc) is 0.752. The van der Waals surface area contributed by atoms with Gasteiger partial charge in [-0.25, -0.2) is 0 Å². The predicted octanol–water partition coefficient (Wildman–Crippen LogP) is 28.5. The predicted molar refractivity (Wildman–Crippen MR) is 421 cm³/mol. The zero-order valence-electron chi connectivity index (χ0n) is 62.4. The lowest BCUT2D eigenvalue weighted by Crippen LogP contribution is -2.19. The normalized spacial score (nSPS) is 13.2. The molecule has 0 saturated heterocycles. The largest absolute Gasteiger partial charge is 0.310 e. The summed E-state index contributed by atoms with van der Waals surface area (Å²) in [4.78, 5) is 5.12. The van der Waals surface area contributed by atoms with Gasteiger partial charge >= 0.3 is 0 Å². The van der Waals surface area contributed by atoms with Crippen molar-refractivity contribution in [2.75, 3.05) is 9.80 Å². The molecule has 9 rings (SSSR count). The number of benzene rings is 9. The lowest BCUT2D eigenvalue weighted by atomic mass is 9.78. The van der Waals surface area contributed by atoms with Gasteiger partial charge in [-0.15, -0.1) is 0 Å². The molecule has 0 aliphatic carbocycles. The topological polar surface area (TPSA) is 6.48 Å². The van der Waals surface area contributed by atoms with Gasteiger partial charge in [-0.05, 0) is 199 Å². The number of nitrogens with zero attached hydrogens (tertiary/aromatic N) is 2. The molecule has 0 heterocycles. The van der Waals surface area contributed by atoms with Crippen molar-refractivity contribution in [3.63, 3.8) is 0 Å². The van der Waals surface area contributed by atoms with Crippen molar-refractivity contribution < 1.29 is 0 Å². The molecule has 0 saturated carbocycles. The number of rotatable bonds is 10. The Kier molecular flexibility index (Phi) is 19.5. The molecular weight excluding hydrogens is 1270 g/mol. The Morgan fingerprint density at radius 3 is 0.670 bits per heavy atom. The molecule has 0 radical (unpaired) electrons. The second kappa shape index (κ2) is 25.5. The molecule has 0 amide bonds. The molecule has 0 unspecified atom stereocenters. The Morgan fingerprint density at radius 1 is 0.202 bits per heavy atom. The quantitative estimate of drug-likeness (QED) is 0.135. The Bertz CT molecular complexity index is 3880. The van der Waals surface area contributed by atoms with Gasteiger partial charge in [0.15, 0.2) is 0 Å². The minimum absolute atomic E-state index is 0.0720. The maximum atomic E-state index is 4.04. The molecule has 0 aliphatic rings. The summed E-state index contributed by atoms with van der Waals surface area (Å²) in [5.41, 5.74) is 26.6. The number of hydrogen-bond donors (Lipinski definition) is 0. The van der Waals surface area contributed by atoms with E-state index in [4.69, 9.17) is 0 Å². The molecule has 94 heavy (non-hydrogen) atoms. The molecule has 494 valence electrons. The molecular formula is C90H110Br2N2. The Balaban J connectivity index is 1.48. The zero-order valence-corrected chi connectivity index (χ0v) is 65.6. The average molecular weight is 1380 g/mol. The highest BCUT2D eigenvalue weighted by Gasteiger charge is 2.31. The van der Waals surface area contributed by atoms with Gasteiger partial charge < -0.3 is 9.80 Å². The summed E-state index contributed by atoms with van der Waals surface area (Å²) in [5, 5.41) is 0. The summed E-state index contributed by atoms with van der Waals surface area (Å²) in [6.07, 6.45) is 0. The molecule has 0 N–H and O–H groups in total. The highest BCUT2D eigenvalue weighted by molar-refractivity contribution is 9.10. The molecule has 0 fully saturated rings. The fraction of sp³-hybridized carbons (Fsp3) is 0.400. The highest BCUT2D eigenvalue weighted by Crippen LogP contribution is 2.52. The van der Waals surface area contributed by atoms with Gasteiger partial charge in [0.2, 0.25) is 0 Å². The summed E-state index contributed by atoms with van der Waals surface area (Å²) in [6, 6.07) is 69.2. The number of hydrogen-bond acceptors (Lipinski definition) is 2. The minimum Gasteiger partial charge on any atom is -0.310 e. The van der Waals surface area contributed by atoms with Crippen LogP contribution in [0.1, 0.15) is 237 Å². The van der Waals surface area contributed by atoms with E-state index >= 15 is 0 Å². The Hall–Kier alpha value is -6.46. The van der Waals surface area contributed by atoms with Crippen molar-refractivity contribution in [3.8, 4) is 44.5 Å². The van der Waals surface area contributed by atoms with Crippen LogP contribution in [0, 0.1) is 0 Å². The van der Waals surface area contributed by atoms with Crippen LogP contribution in [-0.4, -0.2) is 0 Å². The van der Waals surface area contributed by atoms with Gasteiger partial charge in [0.1, 0.15) is 0 Å². The van der Waals surface area contributed by atoms with E-state index in [1.807, 2.05) is 0 Å². The van der Waals surface area contributed by atoms with E-state index in [9.17, 15) is 0 Å². The molecule has 0 aliphatic heterocycles. The van der Waals surface area contributed by atoms with Crippen molar-refractivity contribution in [2.24, 2.45) is 0 Å². The monoisotopic (exact) mass is 1380 g/mol. The van der Waals surface area contributed by atoms with E-state index in [1.54, 1.807) is 0 Å². The summed E-state index contributed by atoms with van der Waals surface area (Å²) in [6.45, 7) is 63.3. The first kappa shape index (κ1) is 71.8. The number of halogens is 2. The molecule has 9 aromatic rings. The first-order chi connectivity index (χ1) is 43.0. The van der Waals surface area contributed by atoms with E-state index in [0.717, 1.165) is 54.2 Å². The van der Waals surface area contributed by atoms with E-state index in [0.29, 0.717) is 0 Å². The SMILES string of the molecule is CC(C)(C)c1cc(N(c2cccc(Br)c2)c2cc(-c3cc(C(C)(C)C)cc(C(C)(C)C)c3)ccc2-c2cc(C(C)(C)C)cc(C(C)(C)C)c2)cc(N(c2cccc(Br)c2)c2cc(-c3cc(C(C)(C)C)cc(C(C)(C)C)c3)ccc2-c2cc(C(C)(C)C)cc(C(C)(C)C)c2)c1. The summed E-state index contributed by atoms with van der Waals surface area (Å²) >= 11 is 8.08. The lowest BCUT2D eigenvalue weighted by molar-refractivity contribution is 0.568. The van der Waals surface area contributed by atoms with Crippen LogP contribution in [-0.2, 0) is 48.7 Å². The van der Waals surface area contributed by atoms with Gasteiger partial charge in [0.05, 0.1) is 11.4 Å². The third kappa shape index (κ3) is 16.3. The first-order valence-electron chi connectivity index (χ1n) is 34.2. The van der Waals surface area contributed by atoms with Crippen LogP contribution in [0.4, 0.5) is 34.1 Å². The van der Waals surface area contributed by atoms with Crippen LogP contribution >= 0.6 is 31.9 Å². The molecule has 0 atom stereocenters. The second-order valence-corrected chi connectivity index (χ2v) is 38.1. The molecule has 4 heteroatoms. The molecule has 0 aromatic heterocycles. The molecule has 0 bridgehead atoms. The van der Waals surface area contributed by atoms with Crippen molar-refractivity contribution in [1.29, 1.82) is 0 Å². The van der Waals surface area contributed by atoms with Crippen LogP contribution in [0.3, 0.4) is 0 Å². The van der Waals surface area contributed by atoms with Gasteiger partial charge in [0, 0.05) is 42.8 Å².